The predicted molar refractivity (Wildman–Crippen MR) is 113 cm³/mol. The van der Waals surface area contributed by atoms with Crippen molar-refractivity contribution in [1.29, 1.82) is 0 Å². The maximum absolute atomic E-state index is 12.8. The van der Waals surface area contributed by atoms with Gasteiger partial charge in [0.2, 0.25) is 0 Å². The second-order valence-corrected chi connectivity index (χ2v) is 7.52. The summed E-state index contributed by atoms with van der Waals surface area (Å²) in [5.41, 5.74) is 4.48. The van der Waals surface area contributed by atoms with Crippen molar-refractivity contribution in [3.8, 4) is 17.0 Å². The van der Waals surface area contributed by atoms with Crippen LogP contribution in [-0.4, -0.2) is 32.6 Å². The predicted octanol–water partition coefficient (Wildman–Crippen LogP) is 4.56. The molecule has 1 aromatic heterocycles. The highest BCUT2D eigenvalue weighted by Crippen LogP contribution is 2.31. The molecule has 2 N–H and O–H groups in total. The van der Waals surface area contributed by atoms with Crippen molar-refractivity contribution in [3.63, 3.8) is 0 Å². The lowest BCUT2D eigenvalue weighted by molar-refractivity contribution is 0.206. The highest BCUT2D eigenvalue weighted by molar-refractivity contribution is 5.89. The van der Waals surface area contributed by atoms with Crippen LogP contribution in [0.1, 0.15) is 36.8 Å². The summed E-state index contributed by atoms with van der Waals surface area (Å²) in [4.78, 5) is 24.2. The fourth-order valence-corrected chi connectivity index (χ4v) is 3.45. The Bertz CT molecular complexity index is 1020. The monoisotopic (exact) mass is 388 g/mol. The number of benzene rings is 2. The Morgan fingerprint density at radius 3 is 2.48 bits per heavy atom. The van der Waals surface area contributed by atoms with Gasteiger partial charge >= 0.3 is 6.03 Å². The molecule has 0 saturated carbocycles. The SMILES string of the molecule is CC(C)c1nc2c(c(-c3ccc(O)cc3)n1)CN(C(=O)Nc1ccccc1)CC2. The van der Waals surface area contributed by atoms with Crippen LogP contribution >= 0.6 is 0 Å². The van der Waals surface area contributed by atoms with Crippen LogP contribution in [0.3, 0.4) is 0 Å². The van der Waals surface area contributed by atoms with E-state index in [1.165, 1.54) is 0 Å². The molecule has 3 aromatic rings. The molecule has 1 aliphatic heterocycles. The van der Waals surface area contributed by atoms with Gasteiger partial charge in [0.15, 0.2) is 0 Å². The van der Waals surface area contributed by atoms with E-state index in [9.17, 15) is 9.90 Å². The number of carbonyl (C=O) groups excluding carboxylic acids is 1. The zero-order valence-electron chi connectivity index (χ0n) is 16.6. The van der Waals surface area contributed by atoms with Crippen LogP contribution in [0, 0.1) is 0 Å². The van der Waals surface area contributed by atoms with Crippen LogP contribution in [0.25, 0.3) is 11.3 Å². The average molecular weight is 388 g/mol. The molecule has 2 amide bonds. The molecular formula is C23H24N4O2. The highest BCUT2D eigenvalue weighted by atomic mass is 16.3. The van der Waals surface area contributed by atoms with E-state index < -0.39 is 0 Å². The molecule has 0 spiro atoms. The zero-order chi connectivity index (χ0) is 20.4. The van der Waals surface area contributed by atoms with E-state index in [4.69, 9.17) is 9.97 Å². The van der Waals surface area contributed by atoms with Crippen molar-refractivity contribution in [2.24, 2.45) is 0 Å². The lowest BCUT2D eigenvalue weighted by Gasteiger charge is -2.30. The summed E-state index contributed by atoms with van der Waals surface area (Å²) in [5.74, 6) is 1.22. The van der Waals surface area contributed by atoms with Crippen LogP contribution in [-0.2, 0) is 13.0 Å². The Balaban J connectivity index is 1.67. The molecule has 0 radical (unpaired) electrons. The molecule has 2 aromatic carbocycles. The second-order valence-electron chi connectivity index (χ2n) is 7.52. The Hall–Kier alpha value is -3.41. The number of hydrogen-bond acceptors (Lipinski definition) is 4. The number of phenols is 1. The van der Waals surface area contributed by atoms with E-state index in [0.717, 1.165) is 34.0 Å². The summed E-state index contributed by atoms with van der Waals surface area (Å²) in [5, 5.41) is 12.6. The van der Waals surface area contributed by atoms with Gasteiger partial charge in [-0.3, -0.25) is 0 Å². The maximum atomic E-state index is 12.8. The van der Waals surface area contributed by atoms with Gasteiger partial charge in [0, 0.05) is 35.7 Å². The van der Waals surface area contributed by atoms with Crippen LogP contribution in [0.4, 0.5) is 10.5 Å². The number of phenolic OH excluding ortho intramolecular Hbond substituents is 1. The lowest BCUT2D eigenvalue weighted by atomic mass is 9.98. The number of rotatable bonds is 3. The molecule has 0 unspecified atom stereocenters. The molecule has 6 nitrogen and oxygen atoms in total. The number of para-hydroxylation sites is 1. The van der Waals surface area contributed by atoms with Crippen LogP contribution < -0.4 is 5.32 Å². The molecule has 0 saturated heterocycles. The molecule has 2 heterocycles. The van der Waals surface area contributed by atoms with E-state index in [1.807, 2.05) is 42.5 Å². The standard InChI is InChI=1S/C23H24N4O2/c1-15(2)22-25-20-12-13-27(23(29)24-17-6-4-3-5-7-17)14-19(20)21(26-22)16-8-10-18(28)11-9-16/h3-11,15,28H,12-14H2,1-2H3,(H,24,29). The topological polar surface area (TPSA) is 78.4 Å². The molecular weight excluding hydrogens is 364 g/mol. The Morgan fingerprint density at radius 1 is 1.07 bits per heavy atom. The largest absolute Gasteiger partial charge is 0.508 e. The van der Waals surface area contributed by atoms with Crippen molar-refractivity contribution < 1.29 is 9.90 Å². The first-order valence-electron chi connectivity index (χ1n) is 9.81. The van der Waals surface area contributed by atoms with E-state index >= 15 is 0 Å². The summed E-state index contributed by atoms with van der Waals surface area (Å²) in [6.07, 6.45) is 0.685. The number of fused-ring (bicyclic) bond motifs is 1. The second kappa shape index (κ2) is 7.91. The first kappa shape index (κ1) is 18.9. The van der Waals surface area contributed by atoms with Crippen LogP contribution in [0.15, 0.2) is 54.6 Å². The van der Waals surface area contributed by atoms with Crippen molar-refractivity contribution in [1.82, 2.24) is 14.9 Å². The van der Waals surface area contributed by atoms with Crippen molar-refractivity contribution in [2.75, 3.05) is 11.9 Å². The van der Waals surface area contributed by atoms with E-state index in [-0.39, 0.29) is 17.7 Å². The van der Waals surface area contributed by atoms with Gasteiger partial charge in [-0.1, -0.05) is 32.0 Å². The maximum Gasteiger partial charge on any atom is 0.322 e. The van der Waals surface area contributed by atoms with Gasteiger partial charge in [0.25, 0.3) is 0 Å². The molecule has 0 fully saturated rings. The summed E-state index contributed by atoms with van der Waals surface area (Å²) in [7, 11) is 0. The Labute approximate surface area is 170 Å². The van der Waals surface area contributed by atoms with Gasteiger partial charge in [0.05, 0.1) is 17.9 Å². The van der Waals surface area contributed by atoms with Crippen molar-refractivity contribution in [2.45, 2.75) is 32.7 Å². The first-order valence-corrected chi connectivity index (χ1v) is 9.81. The number of carbonyl (C=O) groups is 1. The number of urea groups is 1. The van der Waals surface area contributed by atoms with Gasteiger partial charge in [0.1, 0.15) is 11.6 Å². The average Bonchev–Trinajstić information content (AvgIpc) is 2.74. The highest BCUT2D eigenvalue weighted by Gasteiger charge is 2.26. The molecule has 6 heteroatoms. The van der Waals surface area contributed by atoms with E-state index in [2.05, 4.69) is 19.2 Å². The fourth-order valence-electron chi connectivity index (χ4n) is 3.45. The zero-order valence-corrected chi connectivity index (χ0v) is 16.6. The summed E-state index contributed by atoms with van der Waals surface area (Å²) >= 11 is 0. The summed E-state index contributed by atoms with van der Waals surface area (Å²) in [6.45, 7) is 5.20. The molecule has 1 aliphatic rings. The molecule has 0 bridgehead atoms. The Kier molecular flexibility index (Phi) is 5.16. The molecule has 148 valence electrons. The van der Waals surface area contributed by atoms with Gasteiger partial charge in [-0.05, 0) is 36.4 Å². The number of nitrogens with one attached hydrogen (secondary N) is 1. The van der Waals surface area contributed by atoms with Crippen LogP contribution in [0.5, 0.6) is 5.75 Å². The molecule has 0 aliphatic carbocycles. The van der Waals surface area contributed by atoms with Crippen molar-refractivity contribution >= 4 is 11.7 Å². The number of anilines is 1. The number of nitrogens with zero attached hydrogens (tertiary/aromatic N) is 3. The minimum atomic E-state index is -0.133. The number of aromatic nitrogens is 2. The fraction of sp³-hybridized carbons (Fsp3) is 0.261. The molecule has 0 atom stereocenters. The first-order chi connectivity index (χ1) is 14.0. The van der Waals surface area contributed by atoms with Crippen LogP contribution in [0.2, 0.25) is 0 Å². The van der Waals surface area contributed by atoms with Gasteiger partial charge in [-0.2, -0.15) is 0 Å². The smallest absolute Gasteiger partial charge is 0.322 e. The minimum absolute atomic E-state index is 0.133. The summed E-state index contributed by atoms with van der Waals surface area (Å²) in [6, 6.07) is 16.3. The van der Waals surface area contributed by atoms with E-state index in [0.29, 0.717) is 19.5 Å². The summed E-state index contributed by atoms with van der Waals surface area (Å²) < 4.78 is 0. The minimum Gasteiger partial charge on any atom is -0.508 e. The number of aromatic hydroxyl groups is 1. The number of hydrogen-bond donors (Lipinski definition) is 2. The van der Waals surface area contributed by atoms with E-state index in [1.54, 1.807) is 17.0 Å². The molecule has 29 heavy (non-hydrogen) atoms. The van der Waals surface area contributed by atoms with Gasteiger partial charge in [-0.15, -0.1) is 0 Å². The van der Waals surface area contributed by atoms with Crippen molar-refractivity contribution in [3.05, 3.63) is 71.7 Å². The third kappa shape index (κ3) is 4.06. The molecule has 4 rings (SSSR count). The van der Waals surface area contributed by atoms with Gasteiger partial charge in [-0.25, -0.2) is 14.8 Å². The normalized spacial score (nSPS) is 13.3. The Morgan fingerprint density at radius 2 is 1.79 bits per heavy atom. The lowest BCUT2D eigenvalue weighted by Crippen LogP contribution is -2.39. The number of amides is 2. The van der Waals surface area contributed by atoms with Gasteiger partial charge < -0.3 is 15.3 Å². The third-order valence-corrected chi connectivity index (χ3v) is 5.05. The quantitative estimate of drug-likeness (QED) is 0.689. The third-order valence-electron chi connectivity index (χ3n) is 5.05.